The van der Waals surface area contributed by atoms with Crippen molar-refractivity contribution in [2.45, 2.75) is 19.1 Å². The van der Waals surface area contributed by atoms with E-state index in [-0.39, 0.29) is 13.1 Å². The predicted molar refractivity (Wildman–Crippen MR) is 87.5 cm³/mol. The van der Waals surface area contributed by atoms with Gasteiger partial charge in [0.25, 0.3) is 0 Å². The van der Waals surface area contributed by atoms with Crippen LogP contribution in [-0.4, -0.2) is 34.6 Å². The van der Waals surface area contributed by atoms with Crippen molar-refractivity contribution >= 4 is 22.4 Å². The lowest BCUT2D eigenvalue weighted by atomic mass is 10.1. The minimum absolute atomic E-state index is 0.0203. The van der Waals surface area contributed by atoms with Crippen LogP contribution in [0.4, 0.5) is 13.2 Å². The molecule has 6 heteroatoms. The molecular formula is C18H17F3N2O. The van der Waals surface area contributed by atoms with E-state index in [1.165, 1.54) is 0 Å². The highest BCUT2D eigenvalue weighted by Gasteiger charge is 2.43. The SMILES string of the molecule is C=CCn1c2c(c3ccccc31)CCN(C(=O)C(F)(F)F)CC2=C. The molecule has 0 saturated heterocycles. The smallest absolute Gasteiger partial charge is 0.337 e. The third kappa shape index (κ3) is 2.62. The molecule has 0 saturated carbocycles. The van der Waals surface area contributed by atoms with E-state index in [9.17, 15) is 18.0 Å². The quantitative estimate of drug-likeness (QED) is 0.767. The van der Waals surface area contributed by atoms with Gasteiger partial charge >= 0.3 is 12.1 Å². The number of para-hydroxylation sites is 1. The molecule has 0 fully saturated rings. The number of aromatic nitrogens is 1. The zero-order chi connectivity index (χ0) is 17.5. The number of nitrogens with zero attached hydrogens (tertiary/aromatic N) is 2. The van der Waals surface area contributed by atoms with E-state index in [2.05, 4.69) is 13.2 Å². The lowest BCUT2D eigenvalue weighted by Gasteiger charge is -2.22. The Morgan fingerprint density at radius 3 is 2.67 bits per heavy atom. The first-order valence-electron chi connectivity index (χ1n) is 7.60. The molecular weight excluding hydrogens is 317 g/mol. The van der Waals surface area contributed by atoms with Crippen LogP contribution in [0.1, 0.15) is 11.3 Å². The normalized spacial score (nSPS) is 15.3. The standard InChI is InChI=1S/C18H17F3N2O/c1-3-9-23-15-7-5-4-6-13(15)14-8-10-22(11-12(2)16(14)23)17(24)18(19,20)21/h3-7H,1-2,8-11H2. The van der Waals surface area contributed by atoms with Gasteiger partial charge in [0.15, 0.2) is 0 Å². The summed E-state index contributed by atoms with van der Waals surface area (Å²) in [5.41, 5.74) is 3.26. The van der Waals surface area contributed by atoms with Crippen LogP contribution in [0.15, 0.2) is 43.5 Å². The molecule has 2 heterocycles. The molecule has 3 rings (SSSR count). The number of allylic oxidation sites excluding steroid dienone is 1. The number of hydrogen-bond donors (Lipinski definition) is 0. The molecule has 0 bridgehead atoms. The van der Waals surface area contributed by atoms with Crippen molar-refractivity contribution in [2.24, 2.45) is 0 Å². The van der Waals surface area contributed by atoms with E-state index in [0.29, 0.717) is 18.5 Å². The Morgan fingerprint density at radius 1 is 1.29 bits per heavy atom. The highest BCUT2D eigenvalue weighted by atomic mass is 19.4. The summed E-state index contributed by atoms with van der Waals surface area (Å²) in [5.74, 6) is -1.81. The summed E-state index contributed by atoms with van der Waals surface area (Å²) in [6.45, 7) is 8.13. The Hall–Kier alpha value is -2.50. The second kappa shape index (κ2) is 5.85. The first-order chi connectivity index (χ1) is 11.3. The molecule has 1 aliphatic heterocycles. The molecule has 0 radical (unpaired) electrons. The third-order valence-corrected chi connectivity index (χ3v) is 4.27. The van der Waals surface area contributed by atoms with E-state index in [4.69, 9.17) is 0 Å². The fourth-order valence-corrected chi connectivity index (χ4v) is 3.33. The molecule has 0 N–H and O–H groups in total. The van der Waals surface area contributed by atoms with Crippen LogP contribution in [0.5, 0.6) is 0 Å². The van der Waals surface area contributed by atoms with Gasteiger partial charge in [0.2, 0.25) is 0 Å². The van der Waals surface area contributed by atoms with Crippen molar-refractivity contribution < 1.29 is 18.0 Å². The summed E-state index contributed by atoms with van der Waals surface area (Å²) >= 11 is 0. The largest absolute Gasteiger partial charge is 0.471 e. The van der Waals surface area contributed by atoms with E-state index < -0.39 is 12.1 Å². The highest BCUT2D eigenvalue weighted by Crippen LogP contribution is 2.34. The summed E-state index contributed by atoms with van der Waals surface area (Å²) < 4.78 is 40.3. The maximum atomic E-state index is 12.8. The third-order valence-electron chi connectivity index (χ3n) is 4.27. The first-order valence-corrected chi connectivity index (χ1v) is 7.60. The van der Waals surface area contributed by atoms with Crippen molar-refractivity contribution in [3.05, 3.63) is 54.8 Å². The van der Waals surface area contributed by atoms with E-state index in [0.717, 1.165) is 27.1 Å². The van der Waals surface area contributed by atoms with Gasteiger partial charge in [-0.2, -0.15) is 13.2 Å². The number of carbonyl (C=O) groups is 1. The van der Waals surface area contributed by atoms with Gasteiger partial charge in [0.05, 0.1) is 0 Å². The Labute approximate surface area is 137 Å². The lowest BCUT2D eigenvalue weighted by Crippen LogP contribution is -2.42. The Bertz CT molecular complexity index is 833. The minimum atomic E-state index is -4.87. The average Bonchev–Trinajstić information content (AvgIpc) is 2.73. The van der Waals surface area contributed by atoms with Crippen molar-refractivity contribution in [3.63, 3.8) is 0 Å². The second-order valence-electron chi connectivity index (χ2n) is 5.82. The van der Waals surface area contributed by atoms with Crippen LogP contribution < -0.4 is 0 Å². The molecule has 24 heavy (non-hydrogen) atoms. The molecule has 1 aliphatic rings. The number of alkyl halides is 3. The average molecular weight is 334 g/mol. The van der Waals surface area contributed by atoms with Gasteiger partial charge in [-0.25, -0.2) is 0 Å². The fourth-order valence-electron chi connectivity index (χ4n) is 3.33. The van der Waals surface area contributed by atoms with E-state index in [1.807, 2.05) is 28.8 Å². The lowest BCUT2D eigenvalue weighted by molar-refractivity contribution is -0.184. The number of fused-ring (bicyclic) bond motifs is 3. The molecule has 0 spiro atoms. The number of amides is 1. The number of carbonyl (C=O) groups excluding carboxylic acids is 1. The van der Waals surface area contributed by atoms with Crippen LogP contribution in [0, 0.1) is 0 Å². The summed E-state index contributed by atoms with van der Waals surface area (Å²) in [6, 6.07) is 7.73. The molecule has 0 atom stereocenters. The molecule has 3 nitrogen and oxygen atoms in total. The molecule has 0 unspecified atom stereocenters. The molecule has 126 valence electrons. The molecule has 1 amide bonds. The maximum absolute atomic E-state index is 12.8. The predicted octanol–water partition coefficient (Wildman–Crippen LogP) is 3.79. The van der Waals surface area contributed by atoms with E-state index in [1.54, 1.807) is 6.08 Å². The zero-order valence-corrected chi connectivity index (χ0v) is 13.1. The van der Waals surface area contributed by atoms with Crippen molar-refractivity contribution in [1.29, 1.82) is 0 Å². The van der Waals surface area contributed by atoms with Crippen LogP contribution in [-0.2, 0) is 17.8 Å². The van der Waals surface area contributed by atoms with Crippen molar-refractivity contribution in [1.82, 2.24) is 9.47 Å². The monoisotopic (exact) mass is 334 g/mol. The van der Waals surface area contributed by atoms with Crippen molar-refractivity contribution in [3.8, 4) is 0 Å². The number of rotatable bonds is 2. The fraction of sp³-hybridized carbons (Fsp3) is 0.278. The molecule has 1 aromatic carbocycles. The van der Waals surface area contributed by atoms with Crippen LogP contribution >= 0.6 is 0 Å². The first kappa shape index (κ1) is 16.4. The number of hydrogen-bond acceptors (Lipinski definition) is 1. The van der Waals surface area contributed by atoms with Gasteiger partial charge < -0.3 is 9.47 Å². The van der Waals surface area contributed by atoms with Gasteiger partial charge in [0, 0.05) is 36.2 Å². The van der Waals surface area contributed by atoms with Gasteiger partial charge in [-0.05, 0) is 23.6 Å². The van der Waals surface area contributed by atoms with Gasteiger partial charge in [0.1, 0.15) is 0 Å². The van der Waals surface area contributed by atoms with Crippen LogP contribution in [0.2, 0.25) is 0 Å². The molecule has 2 aromatic rings. The van der Waals surface area contributed by atoms with Crippen LogP contribution in [0.3, 0.4) is 0 Å². The topological polar surface area (TPSA) is 25.2 Å². The van der Waals surface area contributed by atoms with E-state index >= 15 is 0 Å². The minimum Gasteiger partial charge on any atom is -0.337 e. The van der Waals surface area contributed by atoms with Crippen molar-refractivity contribution in [2.75, 3.05) is 13.1 Å². The summed E-state index contributed by atoms with van der Waals surface area (Å²) in [5, 5.41) is 0.983. The number of halogens is 3. The highest BCUT2D eigenvalue weighted by molar-refractivity contribution is 5.92. The molecule has 1 aromatic heterocycles. The van der Waals surface area contributed by atoms with Gasteiger partial charge in [-0.3, -0.25) is 4.79 Å². The Balaban J connectivity index is 2.08. The summed E-state index contributed by atoms with van der Waals surface area (Å²) in [4.78, 5) is 12.4. The van der Waals surface area contributed by atoms with Gasteiger partial charge in [-0.1, -0.05) is 30.9 Å². The zero-order valence-electron chi connectivity index (χ0n) is 13.1. The maximum Gasteiger partial charge on any atom is 0.471 e. The Kier molecular flexibility index (Phi) is 3.99. The van der Waals surface area contributed by atoms with Crippen LogP contribution in [0.25, 0.3) is 16.5 Å². The summed E-state index contributed by atoms with van der Waals surface area (Å²) in [7, 11) is 0. The number of benzene rings is 1. The Morgan fingerprint density at radius 2 is 2.00 bits per heavy atom. The second-order valence-corrected chi connectivity index (χ2v) is 5.82. The molecule has 0 aliphatic carbocycles. The summed E-state index contributed by atoms with van der Waals surface area (Å²) in [6.07, 6.45) is -2.77. The van der Waals surface area contributed by atoms with Gasteiger partial charge in [-0.15, -0.1) is 6.58 Å².